The first-order valence-electron chi connectivity index (χ1n) is 9.89. The summed E-state index contributed by atoms with van der Waals surface area (Å²) in [6.45, 7) is 9.25. The Bertz CT molecular complexity index is 448. The van der Waals surface area contributed by atoms with Crippen molar-refractivity contribution in [2.45, 2.75) is 58.4 Å². The van der Waals surface area contributed by atoms with Gasteiger partial charge in [-0.2, -0.15) is 0 Å². The van der Waals surface area contributed by atoms with Crippen LogP contribution < -0.4 is 0 Å². The van der Waals surface area contributed by atoms with Crippen molar-refractivity contribution < 1.29 is 9.59 Å². The molecule has 0 aromatic heterocycles. The Labute approximate surface area is 146 Å². The Morgan fingerprint density at radius 1 is 0.792 bits per heavy atom. The van der Waals surface area contributed by atoms with E-state index in [1.165, 1.54) is 25.7 Å². The second kappa shape index (κ2) is 7.85. The van der Waals surface area contributed by atoms with Crippen LogP contribution in [0.4, 0.5) is 0 Å². The Hall–Kier alpha value is -1.10. The summed E-state index contributed by atoms with van der Waals surface area (Å²) >= 11 is 0. The first-order chi connectivity index (χ1) is 11.6. The van der Waals surface area contributed by atoms with Crippen LogP contribution in [0.5, 0.6) is 0 Å². The van der Waals surface area contributed by atoms with Gasteiger partial charge in [0.25, 0.3) is 0 Å². The zero-order valence-corrected chi connectivity index (χ0v) is 15.4. The van der Waals surface area contributed by atoms with Crippen molar-refractivity contribution in [3.05, 3.63) is 0 Å². The summed E-state index contributed by atoms with van der Waals surface area (Å²) in [7, 11) is 0. The summed E-state index contributed by atoms with van der Waals surface area (Å²) in [4.78, 5) is 31.8. The van der Waals surface area contributed by atoms with Gasteiger partial charge in [0.1, 0.15) is 0 Å². The van der Waals surface area contributed by atoms with E-state index in [0.717, 1.165) is 25.9 Å². The molecule has 0 bridgehead atoms. The molecule has 3 aliphatic rings. The Morgan fingerprint density at radius 2 is 1.38 bits per heavy atom. The summed E-state index contributed by atoms with van der Waals surface area (Å²) < 4.78 is 0. The quantitative estimate of drug-likeness (QED) is 0.789. The number of piperazine rings is 1. The van der Waals surface area contributed by atoms with E-state index in [1.807, 2.05) is 9.80 Å². The van der Waals surface area contributed by atoms with E-state index in [9.17, 15) is 9.59 Å². The van der Waals surface area contributed by atoms with E-state index >= 15 is 0 Å². The van der Waals surface area contributed by atoms with Crippen molar-refractivity contribution in [3.8, 4) is 0 Å². The molecule has 3 rings (SSSR count). The van der Waals surface area contributed by atoms with Crippen molar-refractivity contribution >= 4 is 11.8 Å². The van der Waals surface area contributed by atoms with E-state index in [-0.39, 0.29) is 17.9 Å². The van der Waals surface area contributed by atoms with Crippen LogP contribution in [-0.2, 0) is 9.59 Å². The van der Waals surface area contributed by atoms with E-state index < -0.39 is 0 Å². The first-order valence-corrected chi connectivity index (χ1v) is 9.89. The zero-order valence-electron chi connectivity index (χ0n) is 15.4. The molecule has 0 N–H and O–H groups in total. The maximum absolute atomic E-state index is 13.1. The molecule has 0 aromatic rings. The number of hydrogen-bond donors (Lipinski definition) is 0. The van der Waals surface area contributed by atoms with Crippen LogP contribution >= 0.6 is 0 Å². The maximum atomic E-state index is 13.1. The molecular weight excluding hydrogens is 302 g/mol. The van der Waals surface area contributed by atoms with Crippen LogP contribution in [0.15, 0.2) is 0 Å². The van der Waals surface area contributed by atoms with Gasteiger partial charge < -0.3 is 9.80 Å². The van der Waals surface area contributed by atoms with Gasteiger partial charge in [-0.1, -0.05) is 26.7 Å². The lowest BCUT2D eigenvalue weighted by Crippen LogP contribution is -2.58. The molecule has 1 aliphatic carbocycles. The topological polar surface area (TPSA) is 43.9 Å². The van der Waals surface area contributed by atoms with E-state index in [0.29, 0.717) is 38.0 Å². The molecule has 5 nitrogen and oxygen atoms in total. The fourth-order valence-electron chi connectivity index (χ4n) is 4.31. The summed E-state index contributed by atoms with van der Waals surface area (Å²) in [6, 6.07) is 0.0131. The van der Waals surface area contributed by atoms with Gasteiger partial charge in [-0.15, -0.1) is 0 Å². The van der Waals surface area contributed by atoms with Crippen molar-refractivity contribution in [1.29, 1.82) is 0 Å². The second-order valence-electron chi connectivity index (χ2n) is 8.06. The lowest BCUT2D eigenvalue weighted by Gasteiger charge is -2.42. The van der Waals surface area contributed by atoms with Gasteiger partial charge in [-0.3, -0.25) is 14.5 Å². The molecular formula is C19H33N3O2. The molecule has 0 aromatic carbocycles. The van der Waals surface area contributed by atoms with Crippen LogP contribution in [0.3, 0.4) is 0 Å². The average Bonchev–Trinajstić information content (AvgIpc) is 2.54. The largest absolute Gasteiger partial charge is 0.339 e. The Balaban J connectivity index is 1.55. The van der Waals surface area contributed by atoms with Crippen molar-refractivity contribution in [3.63, 3.8) is 0 Å². The predicted octanol–water partition coefficient (Wildman–Crippen LogP) is 1.97. The van der Waals surface area contributed by atoms with Gasteiger partial charge in [0, 0.05) is 32.1 Å². The van der Waals surface area contributed by atoms with Crippen LogP contribution in [0.2, 0.25) is 0 Å². The van der Waals surface area contributed by atoms with E-state index in [1.54, 1.807) is 0 Å². The molecule has 24 heavy (non-hydrogen) atoms. The number of carbonyl (C=O) groups is 2. The number of nitrogens with zero attached hydrogens (tertiary/aromatic N) is 3. The van der Waals surface area contributed by atoms with Crippen LogP contribution in [0, 0.1) is 11.8 Å². The third-order valence-electron chi connectivity index (χ3n) is 6.03. The Kier molecular flexibility index (Phi) is 5.80. The SMILES string of the molecule is CC(C)[C@@H](C(=O)N1CCN(C(=O)C2CCC2)CC1)N1CCCCC1. The molecule has 2 amide bonds. The Morgan fingerprint density at radius 3 is 1.88 bits per heavy atom. The zero-order chi connectivity index (χ0) is 17.1. The van der Waals surface area contributed by atoms with Gasteiger partial charge in [0.15, 0.2) is 0 Å². The number of piperidine rings is 1. The molecule has 136 valence electrons. The van der Waals surface area contributed by atoms with Gasteiger partial charge in [0.2, 0.25) is 11.8 Å². The molecule has 1 atom stereocenters. The van der Waals surface area contributed by atoms with Gasteiger partial charge in [-0.25, -0.2) is 0 Å². The summed E-state index contributed by atoms with van der Waals surface area (Å²) in [5, 5.41) is 0. The number of carbonyl (C=O) groups excluding carboxylic acids is 2. The highest BCUT2D eigenvalue weighted by Crippen LogP contribution is 2.28. The molecule has 1 saturated carbocycles. The standard InChI is InChI=1S/C19H33N3O2/c1-15(2)17(20-9-4-3-5-10-20)19(24)22-13-11-21(12-14-22)18(23)16-7-6-8-16/h15-17H,3-14H2,1-2H3/t17-/m0/s1. The molecule has 0 unspecified atom stereocenters. The number of rotatable bonds is 4. The van der Waals surface area contributed by atoms with Crippen LogP contribution in [-0.4, -0.2) is 71.8 Å². The highest BCUT2D eigenvalue weighted by Gasteiger charge is 2.36. The van der Waals surface area contributed by atoms with Gasteiger partial charge >= 0.3 is 0 Å². The summed E-state index contributed by atoms with van der Waals surface area (Å²) in [6.07, 6.45) is 7.02. The third kappa shape index (κ3) is 3.76. The maximum Gasteiger partial charge on any atom is 0.240 e. The van der Waals surface area contributed by atoms with Gasteiger partial charge in [0.05, 0.1) is 6.04 Å². The fraction of sp³-hybridized carbons (Fsp3) is 0.895. The molecule has 2 saturated heterocycles. The van der Waals surface area contributed by atoms with Crippen molar-refractivity contribution in [2.75, 3.05) is 39.3 Å². The first kappa shape index (κ1) is 17.7. The highest BCUT2D eigenvalue weighted by molar-refractivity contribution is 5.83. The van der Waals surface area contributed by atoms with E-state index in [2.05, 4.69) is 18.7 Å². The number of hydrogen-bond acceptors (Lipinski definition) is 3. The second-order valence-corrected chi connectivity index (χ2v) is 8.06. The highest BCUT2D eigenvalue weighted by atomic mass is 16.2. The number of likely N-dealkylation sites (tertiary alicyclic amines) is 1. The van der Waals surface area contributed by atoms with Crippen LogP contribution in [0.1, 0.15) is 52.4 Å². The molecule has 2 aliphatic heterocycles. The minimum absolute atomic E-state index is 0.0131. The van der Waals surface area contributed by atoms with Crippen molar-refractivity contribution in [1.82, 2.24) is 14.7 Å². The molecule has 0 spiro atoms. The fourth-order valence-corrected chi connectivity index (χ4v) is 4.31. The summed E-state index contributed by atoms with van der Waals surface area (Å²) in [5.74, 6) is 1.21. The van der Waals surface area contributed by atoms with E-state index in [4.69, 9.17) is 0 Å². The lowest BCUT2D eigenvalue weighted by molar-refractivity contribution is -0.147. The van der Waals surface area contributed by atoms with Gasteiger partial charge in [-0.05, 0) is 44.7 Å². The predicted molar refractivity (Wildman–Crippen MR) is 94.6 cm³/mol. The minimum Gasteiger partial charge on any atom is -0.339 e. The van der Waals surface area contributed by atoms with Crippen molar-refractivity contribution in [2.24, 2.45) is 11.8 Å². The summed E-state index contributed by atoms with van der Waals surface area (Å²) in [5.41, 5.74) is 0. The molecule has 2 heterocycles. The molecule has 3 fully saturated rings. The smallest absolute Gasteiger partial charge is 0.240 e. The average molecular weight is 335 g/mol. The monoisotopic (exact) mass is 335 g/mol. The lowest BCUT2D eigenvalue weighted by atomic mass is 9.84. The molecule has 5 heteroatoms. The molecule has 0 radical (unpaired) electrons. The normalized spacial score (nSPS) is 24.8. The minimum atomic E-state index is 0.0131. The van der Waals surface area contributed by atoms with Crippen LogP contribution in [0.25, 0.3) is 0 Å². The number of amides is 2. The third-order valence-corrected chi connectivity index (χ3v) is 6.03.